The predicted octanol–water partition coefficient (Wildman–Crippen LogP) is 2.91. The maximum Gasteiger partial charge on any atom is 0.0597 e. The highest BCUT2D eigenvalue weighted by Gasteiger charge is 2.14. The molecule has 3 nitrogen and oxygen atoms in total. The molecular formula is C13H16ClN3. The summed E-state index contributed by atoms with van der Waals surface area (Å²) in [6.07, 6.45) is 3.76. The van der Waals surface area contributed by atoms with Gasteiger partial charge in [-0.1, -0.05) is 29.8 Å². The van der Waals surface area contributed by atoms with Gasteiger partial charge in [0.25, 0.3) is 0 Å². The van der Waals surface area contributed by atoms with Crippen molar-refractivity contribution in [2.24, 2.45) is 5.73 Å². The maximum atomic E-state index is 6.27. The van der Waals surface area contributed by atoms with E-state index in [0.717, 1.165) is 28.3 Å². The van der Waals surface area contributed by atoms with E-state index in [0.29, 0.717) is 0 Å². The molecule has 0 aliphatic carbocycles. The summed E-state index contributed by atoms with van der Waals surface area (Å²) in [6.45, 7) is 4.87. The molecule has 1 heterocycles. The summed E-state index contributed by atoms with van der Waals surface area (Å²) in [6, 6.07) is 5.69. The number of hydrogen-bond donors (Lipinski definition) is 1. The Morgan fingerprint density at radius 2 is 2.24 bits per heavy atom. The van der Waals surface area contributed by atoms with Gasteiger partial charge in [0, 0.05) is 23.3 Å². The summed E-state index contributed by atoms with van der Waals surface area (Å²) in [4.78, 5) is 0. The van der Waals surface area contributed by atoms with Crippen LogP contribution in [0, 0.1) is 6.92 Å². The molecule has 0 aliphatic rings. The molecule has 2 N–H and O–H groups in total. The Bertz CT molecular complexity index is 519. The standard InChI is InChI=1S/C13H16ClN3/c1-3-17-8-10(7-16-17)13(15)11-6-4-5-9(2)12(11)14/h4-8,13H,3,15H2,1-2H3. The molecule has 2 rings (SSSR count). The zero-order valence-corrected chi connectivity index (χ0v) is 10.8. The quantitative estimate of drug-likeness (QED) is 0.909. The number of rotatable bonds is 3. The summed E-state index contributed by atoms with van der Waals surface area (Å²) in [5.74, 6) is 0. The molecule has 17 heavy (non-hydrogen) atoms. The van der Waals surface area contributed by atoms with Crippen molar-refractivity contribution in [2.75, 3.05) is 0 Å². The van der Waals surface area contributed by atoms with Crippen LogP contribution in [0.1, 0.15) is 29.7 Å². The van der Waals surface area contributed by atoms with Crippen molar-refractivity contribution < 1.29 is 0 Å². The Hall–Kier alpha value is -1.32. The van der Waals surface area contributed by atoms with E-state index in [1.54, 1.807) is 6.20 Å². The van der Waals surface area contributed by atoms with Crippen LogP contribution in [-0.4, -0.2) is 9.78 Å². The van der Waals surface area contributed by atoms with Crippen LogP contribution in [-0.2, 0) is 6.54 Å². The van der Waals surface area contributed by atoms with Gasteiger partial charge < -0.3 is 5.73 Å². The van der Waals surface area contributed by atoms with Crippen LogP contribution in [0.3, 0.4) is 0 Å². The topological polar surface area (TPSA) is 43.8 Å². The van der Waals surface area contributed by atoms with Gasteiger partial charge in [-0.3, -0.25) is 4.68 Å². The van der Waals surface area contributed by atoms with Crippen LogP contribution >= 0.6 is 11.6 Å². The highest BCUT2D eigenvalue weighted by atomic mass is 35.5. The molecule has 1 atom stereocenters. The van der Waals surface area contributed by atoms with E-state index >= 15 is 0 Å². The molecule has 1 aromatic carbocycles. The summed E-state index contributed by atoms with van der Waals surface area (Å²) >= 11 is 6.27. The minimum absolute atomic E-state index is 0.220. The third-order valence-electron chi connectivity index (χ3n) is 2.89. The van der Waals surface area contributed by atoms with Crippen LogP contribution in [0.15, 0.2) is 30.6 Å². The van der Waals surface area contributed by atoms with Crippen molar-refractivity contribution in [1.29, 1.82) is 0 Å². The third kappa shape index (κ3) is 2.35. The number of aromatic nitrogens is 2. The fourth-order valence-corrected chi connectivity index (χ4v) is 2.05. The Balaban J connectivity index is 2.36. The van der Waals surface area contributed by atoms with E-state index in [-0.39, 0.29) is 6.04 Å². The fourth-order valence-electron chi connectivity index (χ4n) is 1.80. The van der Waals surface area contributed by atoms with E-state index < -0.39 is 0 Å². The van der Waals surface area contributed by atoms with Gasteiger partial charge in [0.15, 0.2) is 0 Å². The van der Waals surface area contributed by atoms with E-state index in [2.05, 4.69) is 5.10 Å². The van der Waals surface area contributed by atoms with Crippen molar-refractivity contribution in [3.63, 3.8) is 0 Å². The molecule has 0 radical (unpaired) electrons. The average molecular weight is 250 g/mol. The molecule has 2 aromatic rings. The molecule has 1 unspecified atom stereocenters. The number of nitrogens with zero attached hydrogens (tertiary/aromatic N) is 2. The molecule has 90 valence electrons. The normalized spacial score (nSPS) is 12.7. The molecule has 0 aliphatic heterocycles. The minimum Gasteiger partial charge on any atom is -0.320 e. The number of aryl methyl sites for hydroxylation is 2. The van der Waals surface area contributed by atoms with Gasteiger partial charge >= 0.3 is 0 Å². The smallest absolute Gasteiger partial charge is 0.0597 e. The average Bonchev–Trinajstić information content (AvgIpc) is 2.80. The second-order valence-electron chi connectivity index (χ2n) is 4.09. The van der Waals surface area contributed by atoms with Gasteiger partial charge in [-0.15, -0.1) is 0 Å². The Morgan fingerprint density at radius 1 is 1.47 bits per heavy atom. The number of benzene rings is 1. The van der Waals surface area contributed by atoms with E-state index in [4.69, 9.17) is 17.3 Å². The first-order chi connectivity index (χ1) is 8.13. The predicted molar refractivity (Wildman–Crippen MR) is 70.1 cm³/mol. The van der Waals surface area contributed by atoms with Gasteiger partial charge in [0.2, 0.25) is 0 Å². The third-order valence-corrected chi connectivity index (χ3v) is 3.41. The van der Waals surface area contributed by atoms with Crippen LogP contribution in [0.5, 0.6) is 0 Å². The lowest BCUT2D eigenvalue weighted by Gasteiger charge is -2.13. The van der Waals surface area contributed by atoms with Crippen LogP contribution in [0.25, 0.3) is 0 Å². The second-order valence-corrected chi connectivity index (χ2v) is 4.46. The first-order valence-electron chi connectivity index (χ1n) is 5.66. The molecule has 4 heteroatoms. The largest absolute Gasteiger partial charge is 0.320 e. The SMILES string of the molecule is CCn1cc(C(N)c2cccc(C)c2Cl)cn1. The summed E-state index contributed by atoms with van der Waals surface area (Å²) in [5, 5.41) is 4.97. The lowest BCUT2D eigenvalue weighted by Crippen LogP contribution is -2.12. The van der Waals surface area contributed by atoms with Crippen molar-refractivity contribution in [1.82, 2.24) is 9.78 Å². The van der Waals surface area contributed by atoms with Gasteiger partial charge in [-0.25, -0.2) is 0 Å². The van der Waals surface area contributed by atoms with Crippen LogP contribution in [0.4, 0.5) is 0 Å². The molecule has 0 saturated heterocycles. The van der Waals surface area contributed by atoms with Crippen molar-refractivity contribution >= 4 is 11.6 Å². The first-order valence-corrected chi connectivity index (χ1v) is 6.04. The molecule has 0 spiro atoms. The van der Waals surface area contributed by atoms with E-state index in [9.17, 15) is 0 Å². The monoisotopic (exact) mass is 249 g/mol. The van der Waals surface area contributed by atoms with Gasteiger partial charge in [0.1, 0.15) is 0 Å². The van der Waals surface area contributed by atoms with Gasteiger partial charge in [-0.2, -0.15) is 5.10 Å². The Kier molecular flexibility index (Phi) is 3.50. The molecule has 0 fully saturated rings. The fraction of sp³-hybridized carbons (Fsp3) is 0.308. The van der Waals surface area contributed by atoms with Crippen molar-refractivity contribution in [2.45, 2.75) is 26.4 Å². The van der Waals surface area contributed by atoms with Crippen molar-refractivity contribution in [3.05, 3.63) is 52.3 Å². The maximum absolute atomic E-state index is 6.27. The van der Waals surface area contributed by atoms with Crippen molar-refractivity contribution in [3.8, 4) is 0 Å². The zero-order chi connectivity index (χ0) is 12.4. The number of hydrogen-bond acceptors (Lipinski definition) is 2. The lowest BCUT2D eigenvalue weighted by molar-refractivity contribution is 0.658. The lowest BCUT2D eigenvalue weighted by atomic mass is 10.0. The van der Waals surface area contributed by atoms with Crippen LogP contribution in [0.2, 0.25) is 5.02 Å². The van der Waals surface area contributed by atoms with E-state index in [1.807, 2.05) is 42.9 Å². The Morgan fingerprint density at radius 3 is 2.88 bits per heavy atom. The summed E-state index contributed by atoms with van der Waals surface area (Å²) in [7, 11) is 0. The minimum atomic E-state index is -0.220. The Labute approximate surface area is 106 Å². The van der Waals surface area contributed by atoms with Gasteiger partial charge in [-0.05, 0) is 25.0 Å². The van der Waals surface area contributed by atoms with Crippen LogP contribution < -0.4 is 5.73 Å². The molecule has 1 aromatic heterocycles. The summed E-state index contributed by atoms with van der Waals surface area (Å²) in [5.41, 5.74) is 9.19. The number of nitrogens with two attached hydrogens (primary N) is 1. The molecular weight excluding hydrogens is 234 g/mol. The first kappa shape index (κ1) is 12.1. The number of halogens is 1. The summed E-state index contributed by atoms with van der Waals surface area (Å²) < 4.78 is 1.86. The van der Waals surface area contributed by atoms with E-state index in [1.165, 1.54) is 0 Å². The zero-order valence-electron chi connectivity index (χ0n) is 10.0. The molecule has 0 bridgehead atoms. The molecule has 0 saturated carbocycles. The highest BCUT2D eigenvalue weighted by Crippen LogP contribution is 2.28. The second kappa shape index (κ2) is 4.90. The van der Waals surface area contributed by atoms with Gasteiger partial charge in [0.05, 0.1) is 12.2 Å². The highest BCUT2D eigenvalue weighted by molar-refractivity contribution is 6.32. The molecule has 0 amide bonds.